The fraction of sp³-hybridized carbons (Fsp3) is 0.233. The molecule has 2 heterocycles. The summed E-state index contributed by atoms with van der Waals surface area (Å²) in [7, 11) is 0. The molecule has 0 spiro atoms. The normalized spacial score (nSPS) is 14.6. The van der Waals surface area contributed by atoms with E-state index in [4.69, 9.17) is 74.3 Å². The Kier molecular flexibility index (Phi) is 8.66. The highest BCUT2D eigenvalue weighted by Gasteiger charge is 2.44. The summed E-state index contributed by atoms with van der Waals surface area (Å²) in [6, 6.07) is 10.9. The van der Waals surface area contributed by atoms with Gasteiger partial charge in [0.2, 0.25) is 3.79 Å². The van der Waals surface area contributed by atoms with Crippen molar-refractivity contribution in [1.29, 1.82) is 5.26 Å². The summed E-state index contributed by atoms with van der Waals surface area (Å²) >= 11 is 36.3. The number of benzene rings is 2. The second-order valence-corrected chi connectivity index (χ2v) is 13.8. The number of aromatic nitrogens is 2. The van der Waals surface area contributed by atoms with Crippen molar-refractivity contribution in [3.63, 3.8) is 0 Å². The van der Waals surface area contributed by atoms with Crippen LogP contribution < -0.4 is 0 Å². The predicted octanol–water partition coefficient (Wildman–Crippen LogP) is 9.47. The van der Waals surface area contributed by atoms with E-state index in [0.717, 1.165) is 17.4 Å². The lowest BCUT2D eigenvalue weighted by Crippen LogP contribution is -2.35. The number of nitriles is 1. The van der Waals surface area contributed by atoms with Crippen molar-refractivity contribution < 1.29 is 14.3 Å². The second kappa shape index (κ2) is 11.8. The van der Waals surface area contributed by atoms with E-state index < -0.39 is 21.8 Å². The first-order chi connectivity index (χ1) is 19.8. The van der Waals surface area contributed by atoms with Gasteiger partial charge in [0.05, 0.1) is 32.6 Å². The van der Waals surface area contributed by atoms with Gasteiger partial charge in [-0.3, -0.25) is 9.36 Å². The summed E-state index contributed by atoms with van der Waals surface area (Å²) in [5.41, 5.74) is 2.94. The fourth-order valence-corrected chi connectivity index (χ4v) is 6.45. The average Bonchev–Trinajstić information content (AvgIpc) is 3.47. The Hall–Kier alpha value is -2.63. The molecule has 0 bridgehead atoms. The Balaban J connectivity index is 1.63. The number of hydrogen-bond acceptors (Lipinski definition) is 4. The van der Waals surface area contributed by atoms with Crippen LogP contribution in [-0.2, 0) is 14.9 Å². The number of H-pyrrole nitrogens is 1. The van der Waals surface area contributed by atoms with Crippen LogP contribution in [0.15, 0.2) is 48.8 Å². The number of ether oxygens (including phenoxy) is 1. The Bertz CT molecular complexity index is 1780. The number of carbonyl (C=O) groups excluding carboxylic acids is 2. The highest BCUT2D eigenvalue weighted by molar-refractivity contribution is 6.67. The SMILES string of the molecule is Cc1cn(C(=O)c2c(-c3c(Cl)cc(Cl)cc3Cl)c[nH]c2C2(C#N)CCC2)c2cccc(/C=C/C(=O)OCC(Cl)(Cl)Cl)c12. The number of rotatable bonds is 6. The van der Waals surface area contributed by atoms with Crippen molar-refractivity contribution in [2.24, 2.45) is 0 Å². The zero-order chi connectivity index (χ0) is 30.4. The van der Waals surface area contributed by atoms with Crippen molar-refractivity contribution in [2.45, 2.75) is 35.4 Å². The second-order valence-electron chi connectivity index (χ2n) is 10.0. The van der Waals surface area contributed by atoms with Gasteiger partial charge in [-0.05, 0) is 61.6 Å². The van der Waals surface area contributed by atoms with Crippen LogP contribution in [0.25, 0.3) is 28.1 Å². The molecule has 1 fully saturated rings. The number of nitrogens with one attached hydrogen (secondary N) is 1. The van der Waals surface area contributed by atoms with Gasteiger partial charge in [-0.15, -0.1) is 0 Å². The molecule has 0 radical (unpaired) electrons. The standard InChI is InChI=1S/C30H21Cl6N3O3/c1-16-13-39(22-5-2-4-17(24(16)22)6-7-23(40)42-15-30(34,35)36)28(41)26-19(25-20(32)10-18(31)11-21(25)33)12-38-27(26)29(14-37)8-3-9-29/h2,4-7,10-13,38H,3,8-9,15H2,1H3/b7-6+. The lowest BCUT2D eigenvalue weighted by molar-refractivity contribution is -0.137. The van der Waals surface area contributed by atoms with E-state index >= 15 is 0 Å². The van der Waals surface area contributed by atoms with Crippen LogP contribution in [-0.4, -0.2) is 31.8 Å². The summed E-state index contributed by atoms with van der Waals surface area (Å²) in [5.74, 6) is -1.06. The van der Waals surface area contributed by atoms with Crippen LogP contribution >= 0.6 is 69.6 Å². The van der Waals surface area contributed by atoms with Gasteiger partial charge in [0.1, 0.15) is 6.61 Å². The molecule has 1 aliphatic rings. The molecule has 216 valence electrons. The van der Waals surface area contributed by atoms with Crippen molar-refractivity contribution in [3.8, 4) is 17.2 Å². The van der Waals surface area contributed by atoms with Gasteiger partial charge in [0.25, 0.3) is 5.91 Å². The number of alkyl halides is 3. The maximum atomic E-state index is 14.5. The van der Waals surface area contributed by atoms with E-state index in [0.29, 0.717) is 51.3 Å². The molecule has 0 saturated heterocycles. The number of halogens is 6. The Labute approximate surface area is 271 Å². The third-order valence-corrected chi connectivity index (χ3v) is 8.46. The van der Waals surface area contributed by atoms with E-state index in [2.05, 4.69) is 11.1 Å². The Morgan fingerprint density at radius 2 is 1.86 bits per heavy atom. The van der Waals surface area contributed by atoms with Gasteiger partial charge in [0, 0.05) is 45.7 Å². The van der Waals surface area contributed by atoms with Crippen molar-refractivity contribution in [3.05, 3.63) is 86.3 Å². The molecule has 1 aliphatic carbocycles. The molecule has 5 rings (SSSR count). The number of aryl methyl sites for hydroxylation is 1. The number of fused-ring (bicyclic) bond motifs is 1. The summed E-state index contributed by atoms with van der Waals surface area (Å²) in [6.07, 6.45) is 8.27. The zero-order valence-electron chi connectivity index (χ0n) is 21.9. The number of carbonyl (C=O) groups is 2. The molecule has 1 N–H and O–H groups in total. The van der Waals surface area contributed by atoms with Crippen LogP contribution in [0.5, 0.6) is 0 Å². The van der Waals surface area contributed by atoms with Crippen molar-refractivity contribution in [1.82, 2.24) is 9.55 Å². The number of aromatic amines is 1. The van der Waals surface area contributed by atoms with Gasteiger partial charge in [-0.1, -0.05) is 81.7 Å². The van der Waals surface area contributed by atoms with Crippen LogP contribution in [0.3, 0.4) is 0 Å². The van der Waals surface area contributed by atoms with Gasteiger partial charge in [-0.25, -0.2) is 4.79 Å². The lowest BCUT2D eigenvalue weighted by Gasteiger charge is -2.35. The lowest BCUT2D eigenvalue weighted by atomic mass is 9.66. The quantitative estimate of drug-likeness (QED) is 0.125. The largest absolute Gasteiger partial charge is 0.458 e. The fourth-order valence-electron chi connectivity index (χ4n) is 5.27. The molecule has 12 heteroatoms. The minimum Gasteiger partial charge on any atom is -0.458 e. The maximum absolute atomic E-state index is 14.5. The highest BCUT2D eigenvalue weighted by atomic mass is 35.6. The summed E-state index contributed by atoms with van der Waals surface area (Å²) < 4.78 is 4.78. The first-order valence-corrected chi connectivity index (χ1v) is 15.0. The third kappa shape index (κ3) is 5.79. The molecule has 0 aliphatic heterocycles. The van der Waals surface area contributed by atoms with Crippen LogP contribution in [0.1, 0.15) is 46.4 Å². The van der Waals surface area contributed by atoms with E-state index in [9.17, 15) is 14.9 Å². The number of esters is 1. The molecule has 2 aromatic carbocycles. The molecule has 2 aromatic heterocycles. The monoisotopic (exact) mass is 681 g/mol. The predicted molar refractivity (Wildman–Crippen MR) is 169 cm³/mol. The summed E-state index contributed by atoms with van der Waals surface area (Å²) in [4.78, 5) is 29.9. The summed E-state index contributed by atoms with van der Waals surface area (Å²) in [5, 5.41) is 11.8. The van der Waals surface area contributed by atoms with Gasteiger partial charge >= 0.3 is 5.97 Å². The average molecular weight is 684 g/mol. The van der Waals surface area contributed by atoms with E-state index in [1.165, 1.54) is 10.6 Å². The molecule has 6 nitrogen and oxygen atoms in total. The van der Waals surface area contributed by atoms with Gasteiger partial charge < -0.3 is 9.72 Å². The van der Waals surface area contributed by atoms with Gasteiger partial charge in [-0.2, -0.15) is 5.26 Å². The molecular formula is C30H21Cl6N3O3. The molecule has 42 heavy (non-hydrogen) atoms. The van der Waals surface area contributed by atoms with Crippen LogP contribution in [0, 0.1) is 18.3 Å². The first kappa shape index (κ1) is 30.8. The minimum absolute atomic E-state index is 0.273. The van der Waals surface area contributed by atoms with Crippen molar-refractivity contribution >= 4 is 98.5 Å². The third-order valence-electron chi connectivity index (χ3n) is 7.32. The molecule has 0 amide bonds. The smallest absolute Gasteiger partial charge is 0.330 e. The molecule has 4 aromatic rings. The minimum atomic E-state index is -1.72. The van der Waals surface area contributed by atoms with Gasteiger partial charge in [0.15, 0.2) is 0 Å². The van der Waals surface area contributed by atoms with E-state index in [1.54, 1.807) is 42.7 Å². The zero-order valence-corrected chi connectivity index (χ0v) is 26.4. The maximum Gasteiger partial charge on any atom is 0.330 e. The number of hydrogen-bond donors (Lipinski definition) is 1. The Morgan fingerprint density at radius 1 is 1.17 bits per heavy atom. The number of nitrogens with zero attached hydrogens (tertiary/aromatic N) is 2. The van der Waals surface area contributed by atoms with Crippen LogP contribution in [0.4, 0.5) is 0 Å². The highest BCUT2D eigenvalue weighted by Crippen LogP contribution is 2.48. The molecule has 0 atom stereocenters. The molecule has 1 saturated carbocycles. The Morgan fingerprint density at radius 3 is 2.45 bits per heavy atom. The van der Waals surface area contributed by atoms with E-state index in [-0.39, 0.29) is 16.0 Å². The summed E-state index contributed by atoms with van der Waals surface area (Å²) in [6.45, 7) is 1.46. The topological polar surface area (TPSA) is 87.9 Å². The molecular weight excluding hydrogens is 663 g/mol. The first-order valence-electron chi connectivity index (χ1n) is 12.7. The van der Waals surface area contributed by atoms with E-state index in [1.807, 2.05) is 13.0 Å². The molecule has 0 unspecified atom stereocenters. The van der Waals surface area contributed by atoms with Crippen LogP contribution in [0.2, 0.25) is 15.1 Å². The van der Waals surface area contributed by atoms with Crippen molar-refractivity contribution in [2.75, 3.05) is 6.61 Å².